The summed E-state index contributed by atoms with van der Waals surface area (Å²) in [6.07, 6.45) is 4.55. The molecular formula is C22H32N4O3. The van der Waals surface area contributed by atoms with Crippen LogP contribution in [0.3, 0.4) is 0 Å². The van der Waals surface area contributed by atoms with Crippen molar-refractivity contribution in [3.8, 4) is 0 Å². The van der Waals surface area contributed by atoms with Gasteiger partial charge in [-0.05, 0) is 64.8 Å². The second-order valence-corrected chi connectivity index (χ2v) is 8.13. The SMILES string of the molecule is Cc1ccc2nc(CN3CCC(C(=O)NCCCOC(C)C)CC3)cc(=O)n2c1. The molecule has 2 aromatic rings. The minimum atomic E-state index is -0.0515. The van der Waals surface area contributed by atoms with E-state index in [0.29, 0.717) is 25.3 Å². The summed E-state index contributed by atoms with van der Waals surface area (Å²) in [5.74, 6) is 0.210. The number of nitrogens with one attached hydrogen (secondary N) is 1. The molecule has 29 heavy (non-hydrogen) atoms. The molecule has 0 aromatic carbocycles. The maximum Gasteiger partial charge on any atom is 0.258 e. The van der Waals surface area contributed by atoms with Crippen LogP contribution in [0.2, 0.25) is 0 Å². The highest BCUT2D eigenvalue weighted by molar-refractivity contribution is 5.78. The average molecular weight is 401 g/mol. The number of rotatable bonds is 8. The topological polar surface area (TPSA) is 75.9 Å². The van der Waals surface area contributed by atoms with Gasteiger partial charge in [0.2, 0.25) is 5.91 Å². The number of nitrogens with zero attached hydrogens (tertiary/aromatic N) is 3. The first kappa shape index (κ1) is 21.5. The van der Waals surface area contributed by atoms with Crippen molar-refractivity contribution >= 4 is 11.6 Å². The summed E-state index contributed by atoms with van der Waals surface area (Å²) >= 11 is 0. The molecule has 0 unspecified atom stereocenters. The molecule has 1 saturated heterocycles. The molecule has 0 atom stereocenters. The molecule has 7 nitrogen and oxygen atoms in total. The minimum absolute atomic E-state index is 0.0515. The Balaban J connectivity index is 1.46. The van der Waals surface area contributed by atoms with Gasteiger partial charge in [0.1, 0.15) is 5.65 Å². The summed E-state index contributed by atoms with van der Waals surface area (Å²) in [7, 11) is 0. The van der Waals surface area contributed by atoms with E-state index in [1.165, 1.54) is 0 Å². The zero-order valence-corrected chi connectivity index (χ0v) is 17.7. The molecule has 3 heterocycles. The van der Waals surface area contributed by atoms with Crippen molar-refractivity contribution in [1.82, 2.24) is 19.6 Å². The zero-order valence-electron chi connectivity index (χ0n) is 17.7. The highest BCUT2D eigenvalue weighted by Crippen LogP contribution is 2.19. The van der Waals surface area contributed by atoms with Gasteiger partial charge in [-0.1, -0.05) is 6.07 Å². The standard InChI is InChI=1S/C22H32N4O3/c1-16(2)29-12-4-9-23-22(28)18-7-10-25(11-8-18)15-19-13-21(27)26-14-17(3)5-6-20(26)24-19/h5-6,13-14,16,18H,4,7-12,15H2,1-3H3,(H,23,28). The highest BCUT2D eigenvalue weighted by atomic mass is 16.5. The number of aromatic nitrogens is 2. The van der Waals surface area contributed by atoms with Crippen molar-refractivity contribution in [2.45, 2.75) is 52.7 Å². The quantitative estimate of drug-likeness (QED) is 0.687. The fraction of sp³-hybridized carbons (Fsp3) is 0.591. The molecule has 158 valence electrons. The lowest BCUT2D eigenvalue weighted by Gasteiger charge is -2.31. The number of aryl methyl sites for hydroxylation is 1. The predicted molar refractivity (Wildman–Crippen MR) is 113 cm³/mol. The van der Waals surface area contributed by atoms with E-state index < -0.39 is 0 Å². The van der Waals surface area contributed by atoms with Gasteiger partial charge in [-0.15, -0.1) is 0 Å². The molecule has 0 saturated carbocycles. The van der Waals surface area contributed by atoms with Crippen LogP contribution < -0.4 is 10.9 Å². The minimum Gasteiger partial charge on any atom is -0.379 e. The number of amides is 1. The third-order valence-corrected chi connectivity index (χ3v) is 5.28. The van der Waals surface area contributed by atoms with E-state index in [1.54, 1.807) is 10.5 Å². The van der Waals surface area contributed by atoms with Crippen LogP contribution in [0.5, 0.6) is 0 Å². The molecular weight excluding hydrogens is 368 g/mol. The van der Waals surface area contributed by atoms with Crippen molar-refractivity contribution < 1.29 is 9.53 Å². The number of hydrogen-bond donors (Lipinski definition) is 1. The van der Waals surface area contributed by atoms with Crippen LogP contribution in [-0.2, 0) is 16.1 Å². The van der Waals surface area contributed by atoms with Gasteiger partial charge >= 0.3 is 0 Å². The lowest BCUT2D eigenvalue weighted by molar-refractivity contribution is -0.126. The fourth-order valence-corrected chi connectivity index (χ4v) is 3.67. The molecule has 0 radical (unpaired) electrons. The smallest absolute Gasteiger partial charge is 0.258 e. The van der Waals surface area contributed by atoms with E-state index in [9.17, 15) is 9.59 Å². The Kier molecular flexibility index (Phi) is 7.39. The Hall–Kier alpha value is -2.25. The fourth-order valence-electron chi connectivity index (χ4n) is 3.67. The molecule has 1 aliphatic heterocycles. The van der Waals surface area contributed by atoms with Gasteiger partial charge in [0.25, 0.3) is 5.56 Å². The van der Waals surface area contributed by atoms with Crippen molar-refractivity contribution in [3.05, 3.63) is 46.0 Å². The van der Waals surface area contributed by atoms with Gasteiger partial charge < -0.3 is 10.1 Å². The molecule has 0 aliphatic carbocycles. The number of carbonyl (C=O) groups excluding carboxylic acids is 1. The van der Waals surface area contributed by atoms with E-state index in [4.69, 9.17) is 4.74 Å². The molecule has 0 spiro atoms. The Labute approximate surface area is 172 Å². The number of carbonyl (C=O) groups is 1. The molecule has 0 bridgehead atoms. The lowest BCUT2D eigenvalue weighted by Crippen LogP contribution is -2.40. The second-order valence-electron chi connectivity index (χ2n) is 8.13. The van der Waals surface area contributed by atoms with Crippen LogP contribution in [-0.4, -0.2) is 52.5 Å². The summed E-state index contributed by atoms with van der Waals surface area (Å²) in [5, 5.41) is 3.03. The summed E-state index contributed by atoms with van der Waals surface area (Å²) in [5.41, 5.74) is 2.44. The maximum absolute atomic E-state index is 12.4. The van der Waals surface area contributed by atoms with E-state index in [-0.39, 0.29) is 23.5 Å². The zero-order chi connectivity index (χ0) is 20.8. The molecule has 2 aromatic heterocycles. The van der Waals surface area contributed by atoms with Crippen LogP contribution in [0.4, 0.5) is 0 Å². The number of hydrogen-bond acceptors (Lipinski definition) is 5. The van der Waals surface area contributed by atoms with Gasteiger partial charge in [0.15, 0.2) is 0 Å². The largest absolute Gasteiger partial charge is 0.379 e. The van der Waals surface area contributed by atoms with Crippen LogP contribution in [0.1, 0.15) is 44.4 Å². The van der Waals surface area contributed by atoms with Gasteiger partial charge in [-0.25, -0.2) is 4.98 Å². The monoisotopic (exact) mass is 400 g/mol. The normalized spacial score (nSPS) is 15.9. The molecule has 1 aliphatic rings. The van der Waals surface area contributed by atoms with E-state index in [0.717, 1.165) is 43.6 Å². The predicted octanol–water partition coefficient (Wildman–Crippen LogP) is 2.15. The summed E-state index contributed by atoms with van der Waals surface area (Å²) in [4.78, 5) is 31.6. The van der Waals surface area contributed by atoms with Crippen molar-refractivity contribution in [1.29, 1.82) is 0 Å². The number of ether oxygens (including phenoxy) is 1. The Morgan fingerprint density at radius 1 is 1.31 bits per heavy atom. The lowest BCUT2D eigenvalue weighted by atomic mass is 9.96. The number of pyridine rings is 1. The third kappa shape index (κ3) is 6.11. The Bertz CT molecular complexity index is 885. The van der Waals surface area contributed by atoms with Crippen molar-refractivity contribution in [2.24, 2.45) is 5.92 Å². The molecule has 1 N–H and O–H groups in total. The van der Waals surface area contributed by atoms with Crippen LogP contribution >= 0.6 is 0 Å². The van der Waals surface area contributed by atoms with E-state index >= 15 is 0 Å². The first-order chi connectivity index (χ1) is 13.9. The first-order valence-electron chi connectivity index (χ1n) is 10.5. The third-order valence-electron chi connectivity index (χ3n) is 5.28. The van der Waals surface area contributed by atoms with Crippen molar-refractivity contribution in [3.63, 3.8) is 0 Å². The summed E-state index contributed by atoms with van der Waals surface area (Å²) < 4.78 is 7.08. The summed E-state index contributed by atoms with van der Waals surface area (Å²) in [6.45, 7) is 9.63. The molecule has 1 fully saturated rings. The molecule has 3 rings (SSSR count). The van der Waals surface area contributed by atoms with E-state index in [2.05, 4.69) is 15.2 Å². The van der Waals surface area contributed by atoms with Crippen molar-refractivity contribution in [2.75, 3.05) is 26.2 Å². The van der Waals surface area contributed by atoms with Gasteiger partial charge in [-0.3, -0.25) is 18.9 Å². The first-order valence-corrected chi connectivity index (χ1v) is 10.5. The van der Waals surface area contributed by atoms with E-state index in [1.807, 2.05) is 39.1 Å². The van der Waals surface area contributed by atoms with Gasteiger partial charge in [0, 0.05) is 37.9 Å². The van der Waals surface area contributed by atoms with Crippen LogP contribution in [0.15, 0.2) is 29.2 Å². The van der Waals surface area contributed by atoms with Crippen LogP contribution in [0, 0.1) is 12.8 Å². The van der Waals surface area contributed by atoms with Crippen LogP contribution in [0.25, 0.3) is 5.65 Å². The highest BCUT2D eigenvalue weighted by Gasteiger charge is 2.25. The average Bonchev–Trinajstić information content (AvgIpc) is 2.68. The number of piperidine rings is 1. The maximum atomic E-state index is 12.4. The Morgan fingerprint density at radius 3 is 2.79 bits per heavy atom. The number of fused-ring (bicyclic) bond motifs is 1. The Morgan fingerprint density at radius 2 is 2.07 bits per heavy atom. The van der Waals surface area contributed by atoms with Gasteiger partial charge in [-0.2, -0.15) is 0 Å². The molecule has 1 amide bonds. The summed E-state index contributed by atoms with van der Waals surface area (Å²) in [6, 6.07) is 5.46. The molecule has 7 heteroatoms. The second kappa shape index (κ2) is 9.98. The van der Waals surface area contributed by atoms with Gasteiger partial charge in [0.05, 0.1) is 11.8 Å². The number of likely N-dealkylation sites (tertiary alicyclic amines) is 1.